The molecule has 1 aliphatic heterocycles. The van der Waals surface area contributed by atoms with Crippen LogP contribution < -0.4 is 4.72 Å². The lowest BCUT2D eigenvalue weighted by Crippen LogP contribution is -2.28. The van der Waals surface area contributed by atoms with Gasteiger partial charge in [0.25, 0.3) is 5.89 Å². The zero-order valence-corrected chi connectivity index (χ0v) is 17.4. The molecule has 0 amide bonds. The van der Waals surface area contributed by atoms with Crippen LogP contribution in [-0.2, 0) is 26.3 Å². The Morgan fingerprint density at radius 2 is 1.90 bits per heavy atom. The molecule has 2 aromatic rings. The Morgan fingerprint density at radius 3 is 2.52 bits per heavy atom. The number of nitrogens with zero attached hydrogens (tertiary/aromatic N) is 3. The number of carbonyl (C=O) groups is 1. The molecule has 0 radical (unpaired) electrons. The molecule has 10 heteroatoms. The van der Waals surface area contributed by atoms with Crippen LogP contribution in [0.1, 0.15) is 51.5 Å². The van der Waals surface area contributed by atoms with E-state index < -0.39 is 16.2 Å². The normalized spacial score (nSPS) is 15.8. The lowest BCUT2D eigenvalue weighted by Gasteiger charge is -2.17. The zero-order chi connectivity index (χ0) is 21.2. The quantitative estimate of drug-likeness (QED) is 0.715. The summed E-state index contributed by atoms with van der Waals surface area (Å²) in [4.78, 5) is 16.4. The molecular weight excluding hydrogens is 396 g/mol. The second-order valence-electron chi connectivity index (χ2n) is 6.98. The number of benzene rings is 1. The molecule has 1 aliphatic rings. The van der Waals surface area contributed by atoms with Crippen LogP contribution in [0.2, 0.25) is 0 Å². The largest absolute Gasteiger partial charge is 0.455 e. The highest BCUT2D eigenvalue weighted by atomic mass is 32.2. The summed E-state index contributed by atoms with van der Waals surface area (Å²) in [5.41, 5.74) is 3.08. The second kappa shape index (κ2) is 8.16. The number of ether oxygens (including phenoxy) is 1. The molecule has 2 heterocycles. The summed E-state index contributed by atoms with van der Waals surface area (Å²) in [5, 5.41) is 3.91. The van der Waals surface area contributed by atoms with Crippen molar-refractivity contribution in [3.63, 3.8) is 0 Å². The number of nitrogens with one attached hydrogen (secondary N) is 1. The van der Waals surface area contributed by atoms with Crippen molar-refractivity contribution in [1.29, 1.82) is 0 Å². The fourth-order valence-corrected chi connectivity index (χ4v) is 3.86. The summed E-state index contributed by atoms with van der Waals surface area (Å²) < 4.78 is 39.1. The molecule has 1 aromatic heterocycles. The lowest BCUT2D eigenvalue weighted by molar-refractivity contribution is -0.144. The van der Waals surface area contributed by atoms with Crippen LogP contribution >= 0.6 is 0 Å². The van der Waals surface area contributed by atoms with Crippen LogP contribution in [0, 0.1) is 0 Å². The van der Waals surface area contributed by atoms with E-state index in [0.717, 1.165) is 5.56 Å². The van der Waals surface area contributed by atoms with Gasteiger partial charge in [-0.05, 0) is 25.3 Å². The van der Waals surface area contributed by atoms with Gasteiger partial charge in [0.15, 0.2) is 6.61 Å². The monoisotopic (exact) mass is 418 g/mol. The van der Waals surface area contributed by atoms with E-state index >= 15 is 0 Å². The smallest absolute Gasteiger partial charge is 0.342 e. The van der Waals surface area contributed by atoms with Crippen LogP contribution in [0.15, 0.2) is 44.5 Å². The Morgan fingerprint density at radius 1 is 1.21 bits per heavy atom. The third kappa shape index (κ3) is 5.08. The van der Waals surface area contributed by atoms with Gasteiger partial charge in [-0.1, -0.05) is 43.3 Å². The van der Waals surface area contributed by atoms with Gasteiger partial charge < -0.3 is 9.26 Å². The van der Waals surface area contributed by atoms with E-state index in [-0.39, 0.29) is 24.6 Å². The first-order chi connectivity index (χ1) is 13.6. The van der Waals surface area contributed by atoms with E-state index in [0.29, 0.717) is 23.0 Å². The minimum absolute atomic E-state index is 0.124. The number of carbonyl (C=O) groups excluding carboxylic acids is 1. The molecule has 0 spiro atoms. The van der Waals surface area contributed by atoms with E-state index in [4.69, 9.17) is 9.26 Å². The Balaban J connectivity index is 1.60. The fraction of sp³-hybridized carbons (Fsp3) is 0.368. The highest BCUT2D eigenvalue weighted by Gasteiger charge is 2.23. The summed E-state index contributed by atoms with van der Waals surface area (Å²) in [6, 6.07) is 7.84. The van der Waals surface area contributed by atoms with Crippen molar-refractivity contribution in [1.82, 2.24) is 14.9 Å². The minimum atomic E-state index is -3.74. The van der Waals surface area contributed by atoms with Gasteiger partial charge >= 0.3 is 16.2 Å². The molecule has 0 saturated heterocycles. The van der Waals surface area contributed by atoms with Gasteiger partial charge in [-0.15, -0.1) is 4.40 Å². The van der Waals surface area contributed by atoms with Crippen molar-refractivity contribution in [2.75, 3.05) is 0 Å². The first-order valence-corrected chi connectivity index (χ1v) is 10.5. The first kappa shape index (κ1) is 20.7. The summed E-state index contributed by atoms with van der Waals surface area (Å²) in [6.07, 6.45) is -0.124. The van der Waals surface area contributed by atoms with Gasteiger partial charge in [0.2, 0.25) is 5.82 Å². The van der Waals surface area contributed by atoms with Crippen LogP contribution in [-0.4, -0.2) is 30.2 Å². The molecule has 29 heavy (non-hydrogen) atoms. The van der Waals surface area contributed by atoms with E-state index in [1.807, 2.05) is 24.3 Å². The van der Waals surface area contributed by atoms with Gasteiger partial charge in [0.05, 0.1) is 12.1 Å². The highest BCUT2D eigenvalue weighted by molar-refractivity contribution is 7.88. The highest BCUT2D eigenvalue weighted by Crippen LogP contribution is 2.21. The predicted molar refractivity (Wildman–Crippen MR) is 106 cm³/mol. The number of esters is 1. The Hall–Kier alpha value is -3.01. The molecule has 154 valence electrons. The van der Waals surface area contributed by atoms with Gasteiger partial charge in [-0.3, -0.25) is 9.52 Å². The molecule has 0 saturated carbocycles. The molecule has 0 bridgehead atoms. The second-order valence-corrected chi connectivity index (χ2v) is 8.32. The van der Waals surface area contributed by atoms with Crippen molar-refractivity contribution < 1.29 is 22.5 Å². The minimum Gasteiger partial charge on any atom is -0.455 e. The van der Waals surface area contributed by atoms with E-state index in [9.17, 15) is 13.2 Å². The third-order valence-electron chi connectivity index (χ3n) is 4.41. The maximum absolute atomic E-state index is 12.1. The molecule has 1 N–H and O–H groups in total. The Labute approximate surface area is 169 Å². The number of hydrogen-bond acceptors (Lipinski definition) is 7. The third-order valence-corrected chi connectivity index (χ3v) is 5.49. The standard InChI is InChI=1S/C19H22N4O5S/c1-11(2)14-5-7-15(8-6-14)19-20-17(28-21-19)10-27-18(24)9-16-12(3)22-29(25,26)23-13(16)4/h5-8,11,22H,9-10H2,1-4H3. The first-order valence-electron chi connectivity index (χ1n) is 9.02. The van der Waals surface area contributed by atoms with Gasteiger partial charge in [0, 0.05) is 16.8 Å². The number of hydrogen-bond donors (Lipinski definition) is 1. The summed E-state index contributed by atoms with van der Waals surface area (Å²) >= 11 is 0. The maximum atomic E-state index is 12.1. The molecule has 0 unspecified atom stereocenters. The zero-order valence-electron chi connectivity index (χ0n) is 16.6. The number of allylic oxidation sites excluding steroid dienone is 1. The lowest BCUT2D eigenvalue weighted by atomic mass is 10.0. The van der Waals surface area contributed by atoms with Crippen LogP contribution in [0.5, 0.6) is 0 Å². The molecule has 1 aromatic carbocycles. The van der Waals surface area contributed by atoms with Gasteiger partial charge in [0.1, 0.15) is 0 Å². The van der Waals surface area contributed by atoms with Gasteiger partial charge in [-0.25, -0.2) is 0 Å². The topological polar surface area (TPSA) is 124 Å². The van der Waals surface area contributed by atoms with Gasteiger partial charge in [-0.2, -0.15) is 13.4 Å². The predicted octanol–water partition coefficient (Wildman–Crippen LogP) is 2.88. The average Bonchev–Trinajstić information content (AvgIpc) is 3.11. The molecular formula is C19H22N4O5S. The number of rotatable bonds is 6. The van der Waals surface area contributed by atoms with Crippen molar-refractivity contribution >= 4 is 21.9 Å². The van der Waals surface area contributed by atoms with Crippen LogP contribution in [0.4, 0.5) is 0 Å². The van der Waals surface area contributed by atoms with E-state index in [2.05, 4.69) is 33.1 Å². The molecule has 0 aliphatic carbocycles. The molecule has 9 nitrogen and oxygen atoms in total. The molecule has 0 fully saturated rings. The summed E-state index contributed by atoms with van der Waals surface area (Å²) in [5.74, 6) is 0.448. The average molecular weight is 418 g/mol. The van der Waals surface area contributed by atoms with Crippen LogP contribution in [0.25, 0.3) is 11.4 Å². The van der Waals surface area contributed by atoms with E-state index in [1.54, 1.807) is 6.92 Å². The van der Waals surface area contributed by atoms with Crippen molar-refractivity contribution in [2.24, 2.45) is 4.40 Å². The SMILES string of the molecule is CC1=NS(=O)(=O)NC(C)=C1CC(=O)OCc1nc(-c2ccc(C(C)C)cc2)no1. The van der Waals surface area contributed by atoms with Crippen molar-refractivity contribution in [2.45, 2.75) is 46.6 Å². The number of aromatic nitrogens is 2. The Kier molecular flexibility index (Phi) is 5.83. The maximum Gasteiger partial charge on any atom is 0.342 e. The molecule has 3 rings (SSSR count). The van der Waals surface area contributed by atoms with Crippen molar-refractivity contribution in [3.8, 4) is 11.4 Å². The van der Waals surface area contributed by atoms with E-state index in [1.165, 1.54) is 12.5 Å². The van der Waals surface area contributed by atoms with Crippen LogP contribution in [0.3, 0.4) is 0 Å². The summed E-state index contributed by atoms with van der Waals surface area (Å²) in [7, 11) is -3.74. The molecule has 0 atom stereocenters. The van der Waals surface area contributed by atoms with Crippen molar-refractivity contribution in [3.05, 3.63) is 47.0 Å². The summed E-state index contributed by atoms with van der Waals surface area (Å²) in [6.45, 7) is 7.14. The Bertz CT molecular complexity index is 1080. The fourth-order valence-electron chi connectivity index (χ4n) is 2.83.